The van der Waals surface area contributed by atoms with E-state index in [-0.39, 0.29) is 34.6 Å². The van der Waals surface area contributed by atoms with Crippen molar-refractivity contribution in [2.75, 3.05) is 20.7 Å². The second-order valence-electron chi connectivity index (χ2n) is 4.17. The summed E-state index contributed by atoms with van der Waals surface area (Å²) in [6, 6.07) is 4.62. The Hall–Kier alpha value is -2.57. The van der Waals surface area contributed by atoms with Crippen LogP contribution in [-0.2, 0) is 4.74 Å². The van der Waals surface area contributed by atoms with Gasteiger partial charge in [0.15, 0.2) is 5.75 Å². The molecule has 1 rings (SSSR count). The van der Waals surface area contributed by atoms with Crippen molar-refractivity contribution < 1.29 is 20.0 Å². The summed E-state index contributed by atoms with van der Waals surface area (Å²) in [5.41, 5.74) is 5.94. The highest BCUT2D eigenvalue weighted by Gasteiger charge is 2.17. The number of para-hydroxylation sites is 1. The molecule has 0 fully saturated rings. The van der Waals surface area contributed by atoms with E-state index in [9.17, 15) is 9.90 Å². The SMILES string of the molecule is CCOC(=[NH2+])C(N)=Nc1cccc(C(=O)N(C)C)c1O. The van der Waals surface area contributed by atoms with Gasteiger partial charge in [0, 0.05) is 14.1 Å². The number of carbonyl (C=O) groups excluding carboxylic acids is 1. The zero-order valence-electron chi connectivity index (χ0n) is 11.8. The second-order valence-corrected chi connectivity index (χ2v) is 4.17. The van der Waals surface area contributed by atoms with Crippen LogP contribution < -0.4 is 11.1 Å². The van der Waals surface area contributed by atoms with E-state index in [1.807, 2.05) is 0 Å². The minimum absolute atomic E-state index is 0.0313. The van der Waals surface area contributed by atoms with Crippen molar-refractivity contribution in [1.82, 2.24) is 4.90 Å². The molecule has 0 saturated heterocycles. The van der Waals surface area contributed by atoms with Gasteiger partial charge in [0.05, 0.1) is 12.2 Å². The minimum Gasteiger partial charge on any atom is -0.505 e. The van der Waals surface area contributed by atoms with E-state index < -0.39 is 0 Å². The van der Waals surface area contributed by atoms with Gasteiger partial charge in [0.2, 0.25) is 5.84 Å². The molecule has 0 unspecified atom stereocenters. The Morgan fingerprint density at radius 3 is 2.70 bits per heavy atom. The number of phenolic OH excluding ortho intramolecular Hbond substituents is 1. The molecule has 0 atom stereocenters. The molecule has 20 heavy (non-hydrogen) atoms. The van der Waals surface area contributed by atoms with Gasteiger partial charge in [-0.3, -0.25) is 4.79 Å². The molecule has 0 spiro atoms. The zero-order chi connectivity index (χ0) is 15.3. The molecule has 0 aliphatic heterocycles. The molecule has 1 aromatic carbocycles. The summed E-state index contributed by atoms with van der Waals surface area (Å²) >= 11 is 0. The molecule has 0 aliphatic rings. The summed E-state index contributed by atoms with van der Waals surface area (Å²) in [5.74, 6) is -0.675. The molecule has 0 radical (unpaired) electrons. The normalized spacial score (nSPS) is 11.1. The Labute approximate surface area is 117 Å². The van der Waals surface area contributed by atoms with Crippen molar-refractivity contribution in [2.24, 2.45) is 10.7 Å². The van der Waals surface area contributed by atoms with Gasteiger partial charge in [-0.15, -0.1) is 0 Å². The maximum absolute atomic E-state index is 11.9. The Morgan fingerprint density at radius 2 is 2.15 bits per heavy atom. The highest BCUT2D eigenvalue weighted by molar-refractivity contribution is 6.35. The molecule has 0 aromatic heterocycles. The Bertz CT molecular complexity index is 553. The van der Waals surface area contributed by atoms with Gasteiger partial charge in [0.25, 0.3) is 5.91 Å². The number of nitrogens with two attached hydrogens (primary N) is 2. The third-order valence-corrected chi connectivity index (χ3v) is 2.44. The monoisotopic (exact) mass is 279 g/mol. The van der Waals surface area contributed by atoms with Gasteiger partial charge < -0.3 is 20.5 Å². The van der Waals surface area contributed by atoms with Gasteiger partial charge >= 0.3 is 5.90 Å². The van der Waals surface area contributed by atoms with E-state index in [2.05, 4.69) is 4.99 Å². The van der Waals surface area contributed by atoms with E-state index >= 15 is 0 Å². The Kier molecular flexibility index (Phi) is 5.08. The summed E-state index contributed by atoms with van der Waals surface area (Å²) in [4.78, 5) is 17.2. The molecule has 1 aromatic rings. The molecular formula is C13H19N4O3+. The lowest BCUT2D eigenvalue weighted by molar-refractivity contribution is -0.135. The first-order valence-electron chi connectivity index (χ1n) is 6.01. The maximum Gasteiger partial charge on any atom is 0.402 e. The average molecular weight is 279 g/mol. The lowest BCUT2D eigenvalue weighted by atomic mass is 10.1. The van der Waals surface area contributed by atoms with E-state index in [1.165, 1.54) is 17.0 Å². The Balaban J connectivity index is 3.15. The van der Waals surface area contributed by atoms with Crippen LogP contribution in [0.1, 0.15) is 17.3 Å². The smallest absolute Gasteiger partial charge is 0.402 e. The fourth-order valence-corrected chi connectivity index (χ4v) is 1.45. The van der Waals surface area contributed by atoms with Crippen LogP contribution in [0.5, 0.6) is 5.75 Å². The fraction of sp³-hybridized carbons (Fsp3) is 0.308. The molecule has 108 valence electrons. The van der Waals surface area contributed by atoms with E-state index in [1.54, 1.807) is 27.1 Å². The van der Waals surface area contributed by atoms with E-state index in [0.717, 1.165) is 0 Å². The van der Waals surface area contributed by atoms with Crippen LogP contribution in [0.25, 0.3) is 0 Å². The molecule has 7 heteroatoms. The summed E-state index contributed by atoms with van der Waals surface area (Å²) in [7, 11) is 3.18. The van der Waals surface area contributed by atoms with E-state index in [4.69, 9.17) is 15.9 Å². The number of carbonyl (C=O) groups is 1. The predicted molar refractivity (Wildman–Crippen MR) is 76.0 cm³/mol. The number of aromatic hydroxyl groups is 1. The second kappa shape index (κ2) is 6.55. The van der Waals surface area contributed by atoms with Crippen LogP contribution in [0.3, 0.4) is 0 Å². The lowest BCUT2D eigenvalue weighted by Gasteiger charge is -2.12. The number of amidine groups is 1. The van der Waals surface area contributed by atoms with Crippen molar-refractivity contribution >= 4 is 23.3 Å². The number of rotatable bonds is 3. The van der Waals surface area contributed by atoms with Crippen molar-refractivity contribution in [3.8, 4) is 5.75 Å². The standard InChI is InChI=1S/C13H18N4O3/c1-4-20-12(15)11(14)16-9-7-5-6-8(10(9)18)13(19)17(2)3/h5-7,15,18H,4H2,1-3H3,(H2,14,16)/p+1. The highest BCUT2D eigenvalue weighted by Crippen LogP contribution is 2.30. The third-order valence-electron chi connectivity index (χ3n) is 2.44. The van der Waals surface area contributed by atoms with Gasteiger partial charge in [-0.05, 0) is 19.1 Å². The molecule has 7 nitrogen and oxygen atoms in total. The first-order valence-corrected chi connectivity index (χ1v) is 6.01. The highest BCUT2D eigenvalue weighted by atomic mass is 16.5. The fourth-order valence-electron chi connectivity index (χ4n) is 1.45. The van der Waals surface area contributed by atoms with Gasteiger partial charge in [-0.25, -0.2) is 10.4 Å². The predicted octanol–water partition coefficient (Wildman–Crippen LogP) is -0.723. The first kappa shape index (κ1) is 15.5. The molecule has 1 amide bonds. The topological polar surface area (TPSA) is 114 Å². The van der Waals surface area contributed by atoms with Gasteiger partial charge in [-0.1, -0.05) is 6.07 Å². The van der Waals surface area contributed by atoms with Crippen LogP contribution in [0.15, 0.2) is 23.2 Å². The van der Waals surface area contributed by atoms with Crippen molar-refractivity contribution in [1.29, 1.82) is 0 Å². The van der Waals surface area contributed by atoms with Crippen molar-refractivity contribution in [3.63, 3.8) is 0 Å². The average Bonchev–Trinajstić information content (AvgIpc) is 2.40. The summed E-state index contributed by atoms with van der Waals surface area (Å²) < 4.78 is 5.01. The maximum atomic E-state index is 11.9. The van der Waals surface area contributed by atoms with Crippen molar-refractivity contribution in [3.05, 3.63) is 23.8 Å². The van der Waals surface area contributed by atoms with Crippen LogP contribution in [-0.4, -0.2) is 48.3 Å². The van der Waals surface area contributed by atoms with Crippen LogP contribution in [0, 0.1) is 0 Å². The number of amides is 1. The quantitative estimate of drug-likeness (QED) is 0.500. The zero-order valence-corrected chi connectivity index (χ0v) is 11.8. The largest absolute Gasteiger partial charge is 0.505 e. The summed E-state index contributed by atoms with van der Waals surface area (Å²) in [6.45, 7) is 2.11. The number of phenols is 1. The number of nitrogens with zero attached hydrogens (tertiary/aromatic N) is 2. The number of ether oxygens (including phenoxy) is 1. The molecule has 0 aliphatic carbocycles. The van der Waals surface area contributed by atoms with Crippen LogP contribution in [0.2, 0.25) is 0 Å². The summed E-state index contributed by atoms with van der Waals surface area (Å²) in [5, 5.41) is 15.6. The number of aliphatic imine (C=N–C) groups is 1. The number of hydrogen-bond donors (Lipinski definition) is 3. The number of benzene rings is 1. The Morgan fingerprint density at radius 1 is 1.50 bits per heavy atom. The van der Waals surface area contributed by atoms with Gasteiger partial charge in [0.1, 0.15) is 5.69 Å². The first-order chi connectivity index (χ1) is 9.38. The van der Waals surface area contributed by atoms with E-state index in [0.29, 0.717) is 6.61 Å². The number of hydrogen-bond acceptors (Lipinski definition) is 4. The molecule has 0 bridgehead atoms. The molecule has 5 N–H and O–H groups in total. The lowest BCUT2D eigenvalue weighted by Crippen LogP contribution is -2.49. The third kappa shape index (κ3) is 3.47. The van der Waals surface area contributed by atoms with Gasteiger partial charge in [-0.2, -0.15) is 0 Å². The van der Waals surface area contributed by atoms with Crippen LogP contribution >= 0.6 is 0 Å². The molecule has 0 heterocycles. The molecule has 0 saturated carbocycles. The van der Waals surface area contributed by atoms with Crippen molar-refractivity contribution in [2.45, 2.75) is 6.92 Å². The molecular weight excluding hydrogens is 260 g/mol. The summed E-state index contributed by atoms with van der Waals surface area (Å²) in [6.07, 6.45) is 0. The minimum atomic E-state index is -0.333. The van der Waals surface area contributed by atoms with Crippen LogP contribution in [0.4, 0.5) is 5.69 Å².